The molecule has 0 aromatic carbocycles. The third-order valence-corrected chi connectivity index (χ3v) is 4.34. The summed E-state index contributed by atoms with van der Waals surface area (Å²) >= 11 is 0. The van der Waals surface area contributed by atoms with Crippen LogP contribution in [0, 0.1) is 11.3 Å². The number of hydrogen-bond donors (Lipinski definition) is 0. The van der Waals surface area contributed by atoms with Gasteiger partial charge < -0.3 is 4.90 Å². The van der Waals surface area contributed by atoms with Crippen LogP contribution >= 0.6 is 0 Å². The summed E-state index contributed by atoms with van der Waals surface area (Å²) in [5, 5.41) is 0. The van der Waals surface area contributed by atoms with Crippen LogP contribution in [0.2, 0.25) is 0 Å². The van der Waals surface area contributed by atoms with Gasteiger partial charge in [-0.3, -0.25) is 4.79 Å². The highest BCUT2D eigenvalue weighted by Crippen LogP contribution is 2.37. The molecule has 16 heavy (non-hydrogen) atoms. The maximum Gasteiger partial charge on any atom is 0.222 e. The van der Waals surface area contributed by atoms with Crippen molar-refractivity contribution in [3.05, 3.63) is 0 Å². The van der Waals surface area contributed by atoms with Crippen molar-refractivity contribution in [3.63, 3.8) is 0 Å². The van der Waals surface area contributed by atoms with Crippen LogP contribution in [-0.2, 0) is 4.79 Å². The molecule has 1 saturated heterocycles. The third-order valence-electron chi connectivity index (χ3n) is 4.34. The zero-order valence-electron chi connectivity index (χ0n) is 10.8. The first-order valence-electron chi connectivity index (χ1n) is 6.91. The summed E-state index contributed by atoms with van der Waals surface area (Å²) in [5.74, 6) is 1.15. The number of rotatable bonds is 4. The van der Waals surface area contributed by atoms with E-state index in [-0.39, 0.29) is 0 Å². The highest BCUT2D eigenvalue weighted by molar-refractivity contribution is 5.76. The number of hydrogen-bond acceptors (Lipinski definition) is 1. The molecule has 0 unspecified atom stereocenters. The smallest absolute Gasteiger partial charge is 0.222 e. The van der Waals surface area contributed by atoms with Crippen molar-refractivity contribution in [1.82, 2.24) is 4.90 Å². The first-order chi connectivity index (χ1) is 7.63. The lowest BCUT2D eigenvalue weighted by molar-refractivity contribution is -0.133. The first kappa shape index (κ1) is 11.9. The summed E-state index contributed by atoms with van der Waals surface area (Å²) in [4.78, 5) is 14.1. The molecule has 2 rings (SSSR count). The number of nitrogens with zero attached hydrogens (tertiary/aromatic N) is 1. The van der Waals surface area contributed by atoms with Crippen molar-refractivity contribution in [3.8, 4) is 0 Å². The minimum atomic E-state index is 0.418. The second-order valence-corrected chi connectivity index (χ2v) is 6.09. The highest BCUT2D eigenvalue weighted by atomic mass is 16.2. The van der Waals surface area contributed by atoms with Gasteiger partial charge >= 0.3 is 0 Å². The van der Waals surface area contributed by atoms with E-state index >= 15 is 0 Å². The van der Waals surface area contributed by atoms with Crippen LogP contribution in [-0.4, -0.2) is 23.9 Å². The Hall–Kier alpha value is -0.530. The van der Waals surface area contributed by atoms with E-state index in [4.69, 9.17) is 0 Å². The van der Waals surface area contributed by atoms with E-state index in [2.05, 4.69) is 18.7 Å². The normalized spacial score (nSPS) is 24.5. The van der Waals surface area contributed by atoms with E-state index < -0.39 is 0 Å². The Morgan fingerprint density at radius 1 is 1.31 bits per heavy atom. The fraction of sp³-hybridized carbons (Fsp3) is 0.929. The van der Waals surface area contributed by atoms with Gasteiger partial charge in [0.05, 0.1) is 0 Å². The van der Waals surface area contributed by atoms with E-state index in [0.717, 1.165) is 25.4 Å². The van der Waals surface area contributed by atoms with Crippen LogP contribution in [0.3, 0.4) is 0 Å². The van der Waals surface area contributed by atoms with Gasteiger partial charge in [-0.1, -0.05) is 20.3 Å². The fourth-order valence-corrected chi connectivity index (χ4v) is 2.85. The maximum atomic E-state index is 11.9. The molecule has 2 aliphatic rings. The van der Waals surface area contributed by atoms with Crippen molar-refractivity contribution in [1.29, 1.82) is 0 Å². The van der Waals surface area contributed by atoms with Gasteiger partial charge in [0.25, 0.3) is 0 Å². The SMILES string of the molecule is CCCC1(C)CCN(C(=O)CC2CC2)CC1. The van der Waals surface area contributed by atoms with Gasteiger partial charge in [-0.15, -0.1) is 0 Å². The van der Waals surface area contributed by atoms with Gasteiger partial charge in [-0.05, 0) is 43.4 Å². The van der Waals surface area contributed by atoms with Crippen molar-refractivity contribution < 1.29 is 4.79 Å². The van der Waals surface area contributed by atoms with Gasteiger partial charge in [-0.2, -0.15) is 0 Å². The molecule has 0 aromatic heterocycles. The molecular weight excluding hydrogens is 198 g/mol. The molecule has 1 saturated carbocycles. The molecule has 1 amide bonds. The quantitative estimate of drug-likeness (QED) is 0.716. The van der Waals surface area contributed by atoms with Crippen molar-refractivity contribution >= 4 is 5.91 Å². The molecule has 0 N–H and O–H groups in total. The molecule has 1 aliphatic carbocycles. The number of likely N-dealkylation sites (tertiary alicyclic amines) is 1. The van der Waals surface area contributed by atoms with Crippen LogP contribution in [0.4, 0.5) is 0 Å². The Balaban J connectivity index is 1.77. The Kier molecular flexibility index (Phi) is 3.56. The van der Waals surface area contributed by atoms with Gasteiger partial charge in [0.1, 0.15) is 0 Å². The van der Waals surface area contributed by atoms with Crippen LogP contribution in [0.25, 0.3) is 0 Å². The summed E-state index contributed by atoms with van der Waals surface area (Å²) < 4.78 is 0. The van der Waals surface area contributed by atoms with Gasteiger partial charge in [-0.25, -0.2) is 0 Å². The monoisotopic (exact) mass is 223 g/mol. The predicted octanol–water partition coefficient (Wildman–Crippen LogP) is 3.22. The summed E-state index contributed by atoms with van der Waals surface area (Å²) in [7, 11) is 0. The van der Waals surface area contributed by atoms with Crippen LogP contribution in [0.5, 0.6) is 0 Å². The average Bonchev–Trinajstić information content (AvgIpc) is 3.02. The lowest BCUT2D eigenvalue weighted by atomic mass is 9.77. The van der Waals surface area contributed by atoms with Gasteiger partial charge in [0.2, 0.25) is 5.91 Å². The molecule has 0 spiro atoms. The van der Waals surface area contributed by atoms with Gasteiger partial charge in [0.15, 0.2) is 0 Å². The number of carbonyl (C=O) groups is 1. The highest BCUT2D eigenvalue weighted by Gasteiger charge is 2.33. The number of amides is 1. The largest absolute Gasteiger partial charge is 0.343 e. The molecule has 2 heteroatoms. The molecule has 2 fully saturated rings. The Morgan fingerprint density at radius 3 is 2.44 bits per heavy atom. The lowest BCUT2D eigenvalue weighted by Crippen LogP contribution is -2.42. The zero-order chi connectivity index (χ0) is 11.6. The van der Waals surface area contributed by atoms with Crippen molar-refractivity contribution in [2.24, 2.45) is 11.3 Å². The summed E-state index contributed by atoms with van der Waals surface area (Å²) in [6.45, 7) is 6.65. The van der Waals surface area contributed by atoms with Crippen LogP contribution < -0.4 is 0 Å². The minimum Gasteiger partial charge on any atom is -0.343 e. The topological polar surface area (TPSA) is 20.3 Å². The molecule has 1 aliphatic heterocycles. The number of carbonyl (C=O) groups excluding carboxylic acids is 1. The molecule has 2 nitrogen and oxygen atoms in total. The minimum absolute atomic E-state index is 0.418. The van der Waals surface area contributed by atoms with E-state index in [1.165, 1.54) is 38.5 Å². The molecular formula is C14H25NO. The molecule has 0 aromatic rings. The second kappa shape index (κ2) is 4.77. The molecule has 0 bridgehead atoms. The lowest BCUT2D eigenvalue weighted by Gasteiger charge is -2.39. The van der Waals surface area contributed by atoms with Crippen LogP contribution in [0.15, 0.2) is 0 Å². The average molecular weight is 223 g/mol. The fourth-order valence-electron chi connectivity index (χ4n) is 2.85. The maximum absolute atomic E-state index is 11.9. The Labute approximate surface area is 99.4 Å². The van der Waals surface area contributed by atoms with E-state index in [1.807, 2.05) is 0 Å². The van der Waals surface area contributed by atoms with Crippen LogP contribution in [0.1, 0.15) is 58.8 Å². The number of piperidine rings is 1. The van der Waals surface area contributed by atoms with E-state index in [0.29, 0.717) is 11.3 Å². The zero-order valence-corrected chi connectivity index (χ0v) is 10.8. The van der Waals surface area contributed by atoms with Crippen molar-refractivity contribution in [2.45, 2.75) is 58.8 Å². The van der Waals surface area contributed by atoms with E-state index in [9.17, 15) is 4.79 Å². The standard InChI is InChI=1S/C14H25NO/c1-3-6-14(2)7-9-15(10-8-14)13(16)11-12-4-5-12/h12H,3-11H2,1-2H3. The molecule has 92 valence electrons. The summed E-state index contributed by atoms with van der Waals surface area (Å²) in [6.07, 6.45) is 8.39. The van der Waals surface area contributed by atoms with Crippen molar-refractivity contribution in [2.75, 3.05) is 13.1 Å². The molecule has 0 atom stereocenters. The molecule has 0 radical (unpaired) electrons. The molecule has 1 heterocycles. The first-order valence-corrected chi connectivity index (χ1v) is 6.91. The van der Waals surface area contributed by atoms with E-state index in [1.54, 1.807) is 0 Å². The second-order valence-electron chi connectivity index (χ2n) is 6.09. The Bertz CT molecular complexity index is 249. The predicted molar refractivity (Wildman–Crippen MR) is 66.2 cm³/mol. The van der Waals surface area contributed by atoms with Gasteiger partial charge in [0, 0.05) is 19.5 Å². The summed E-state index contributed by atoms with van der Waals surface area (Å²) in [6, 6.07) is 0. The summed E-state index contributed by atoms with van der Waals surface area (Å²) in [5.41, 5.74) is 0.505. The Morgan fingerprint density at radius 2 is 1.94 bits per heavy atom. The third kappa shape index (κ3) is 2.99.